The van der Waals surface area contributed by atoms with Gasteiger partial charge in [0.25, 0.3) is 0 Å². The molecule has 0 aliphatic heterocycles. The minimum atomic E-state index is 0.233. The number of anilines is 1. The summed E-state index contributed by atoms with van der Waals surface area (Å²) in [6.07, 6.45) is 4.11. The van der Waals surface area contributed by atoms with Crippen LogP contribution in [0.25, 0.3) is 0 Å². The van der Waals surface area contributed by atoms with Crippen LogP contribution in [0.2, 0.25) is 0 Å². The minimum Gasteiger partial charge on any atom is -0.409 e. The maximum absolute atomic E-state index is 8.64. The summed E-state index contributed by atoms with van der Waals surface area (Å²) in [7, 11) is 0. The largest absolute Gasteiger partial charge is 0.409 e. The molecule has 5 nitrogen and oxygen atoms in total. The number of hydrogen-bond donors (Lipinski definition) is 2. The molecule has 1 heterocycles. The summed E-state index contributed by atoms with van der Waals surface area (Å²) in [6, 6.07) is 14.0. The van der Waals surface area contributed by atoms with Crippen LogP contribution in [0.5, 0.6) is 0 Å². The Kier molecular flexibility index (Phi) is 4.94. The quantitative estimate of drug-likeness (QED) is 0.365. The van der Waals surface area contributed by atoms with Crippen LogP contribution in [0, 0.1) is 0 Å². The number of pyridine rings is 1. The van der Waals surface area contributed by atoms with Crippen molar-refractivity contribution in [1.82, 2.24) is 4.98 Å². The van der Waals surface area contributed by atoms with E-state index in [2.05, 4.69) is 15.0 Å². The van der Waals surface area contributed by atoms with E-state index in [1.54, 1.807) is 6.20 Å². The number of hydrogen-bond acceptors (Lipinski definition) is 4. The van der Waals surface area contributed by atoms with E-state index in [0.29, 0.717) is 13.0 Å². The molecule has 0 aliphatic carbocycles. The molecule has 0 unspecified atom stereocenters. The van der Waals surface area contributed by atoms with Crippen molar-refractivity contribution in [2.75, 3.05) is 11.4 Å². The maximum Gasteiger partial charge on any atom is 0.140 e. The van der Waals surface area contributed by atoms with E-state index in [-0.39, 0.29) is 5.84 Å². The molecule has 0 saturated heterocycles. The molecular formula is C15H18N4O. The predicted octanol–water partition coefficient (Wildman–Crippen LogP) is 2.22. The van der Waals surface area contributed by atoms with Crippen LogP contribution in [0.1, 0.15) is 12.0 Å². The van der Waals surface area contributed by atoms with E-state index in [9.17, 15) is 0 Å². The highest BCUT2D eigenvalue weighted by molar-refractivity contribution is 5.80. The summed E-state index contributed by atoms with van der Waals surface area (Å²) in [6.45, 7) is 1.41. The third-order valence-electron chi connectivity index (χ3n) is 2.98. The molecule has 104 valence electrons. The highest BCUT2D eigenvalue weighted by Crippen LogP contribution is 2.16. The molecule has 2 aromatic rings. The Labute approximate surface area is 118 Å². The maximum atomic E-state index is 8.64. The van der Waals surface area contributed by atoms with Gasteiger partial charge in [0.2, 0.25) is 0 Å². The molecule has 2 rings (SSSR count). The number of nitrogens with two attached hydrogens (primary N) is 1. The predicted molar refractivity (Wildman–Crippen MR) is 79.8 cm³/mol. The standard InChI is InChI=1S/C15H18N4O/c16-15(18-20)8-10-19(14-6-2-1-3-7-14)12-13-5-4-9-17-11-13/h1-7,9,11,20H,8,10,12H2,(H2,16,18). The summed E-state index contributed by atoms with van der Waals surface area (Å²) in [5.41, 5.74) is 7.77. The fourth-order valence-electron chi connectivity index (χ4n) is 1.95. The number of rotatable bonds is 6. The van der Waals surface area contributed by atoms with E-state index >= 15 is 0 Å². The van der Waals surface area contributed by atoms with Gasteiger partial charge in [-0.3, -0.25) is 4.98 Å². The van der Waals surface area contributed by atoms with E-state index in [1.165, 1.54) is 0 Å². The molecule has 1 aromatic heterocycles. The number of aromatic nitrogens is 1. The monoisotopic (exact) mass is 270 g/mol. The first-order chi connectivity index (χ1) is 9.79. The highest BCUT2D eigenvalue weighted by Gasteiger charge is 2.08. The fourth-order valence-corrected chi connectivity index (χ4v) is 1.95. The normalized spacial score (nSPS) is 11.3. The van der Waals surface area contributed by atoms with Crippen molar-refractivity contribution in [3.05, 3.63) is 60.4 Å². The third-order valence-corrected chi connectivity index (χ3v) is 2.98. The van der Waals surface area contributed by atoms with Crippen LogP contribution in [0.4, 0.5) is 5.69 Å². The van der Waals surface area contributed by atoms with E-state index in [0.717, 1.165) is 17.8 Å². The minimum absolute atomic E-state index is 0.233. The Morgan fingerprint density at radius 1 is 1.20 bits per heavy atom. The Bertz CT molecular complexity index is 542. The lowest BCUT2D eigenvalue weighted by molar-refractivity contribution is 0.317. The van der Waals surface area contributed by atoms with Crippen LogP contribution in [-0.4, -0.2) is 22.6 Å². The fraction of sp³-hybridized carbons (Fsp3) is 0.200. The van der Waals surface area contributed by atoms with E-state index in [1.807, 2.05) is 48.7 Å². The van der Waals surface area contributed by atoms with Crippen molar-refractivity contribution in [1.29, 1.82) is 0 Å². The van der Waals surface area contributed by atoms with Gasteiger partial charge in [-0.15, -0.1) is 0 Å². The first-order valence-electron chi connectivity index (χ1n) is 6.45. The zero-order valence-electron chi connectivity index (χ0n) is 11.2. The second-order valence-electron chi connectivity index (χ2n) is 4.46. The molecule has 0 radical (unpaired) electrons. The first kappa shape index (κ1) is 13.9. The van der Waals surface area contributed by atoms with Crippen molar-refractivity contribution in [2.24, 2.45) is 10.9 Å². The van der Waals surface area contributed by atoms with Crippen LogP contribution in [0.15, 0.2) is 60.0 Å². The Morgan fingerprint density at radius 2 is 2.00 bits per heavy atom. The van der Waals surface area contributed by atoms with Crippen LogP contribution < -0.4 is 10.6 Å². The Morgan fingerprint density at radius 3 is 2.65 bits per heavy atom. The first-order valence-corrected chi connectivity index (χ1v) is 6.45. The zero-order valence-corrected chi connectivity index (χ0v) is 11.2. The topological polar surface area (TPSA) is 74.7 Å². The molecular weight excluding hydrogens is 252 g/mol. The van der Waals surface area contributed by atoms with Crippen molar-refractivity contribution in [3.8, 4) is 0 Å². The number of para-hydroxylation sites is 1. The van der Waals surface area contributed by atoms with Crippen molar-refractivity contribution >= 4 is 11.5 Å². The van der Waals surface area contributed by atoms with Crippen molar-refractivity contribution < 1.29 is 5.21 Å². The SMILES string of the molecule is N/C(CCN(Cc1cccnc1)c1ccccc1)=N\O. The van der Waals surface area contributed by atoms with Gasteiger partial charge in [-0.25, -0.2) is 0 Å². The smallest absolute Gasteiger partial charge is 0.140 e. The summed E-state index contributed by atoms with van der Waals surface area (Å²) in [5.74, 6) is 0.233. The van der Waals surface area contributed by atoms with Crippen molar-refractivity contribution in [3.63, 3.8) is 0 Å². The lowest BCUT2D eigenvalue weighted by atomic mass is 10.2. The van der Waals surface area contributed by atoms with E-state index in [4.69, 9.17) is 10.9 Å². The van der Waals surface area contributed by atoms with Gasteiger partial charge in [-0.05, 0) is 23.8 Å². The average Bonchev–Trinajstić information content (AvgIpc) is 2.53. The summed E-state index contributed by atoms with van der Waals surface area (Å²) in [4.78, 5) is 6.30. The summed E-state index contributed by atoms with van der Waals surface area (Å²) >= 11 is 0. The highest BCUT2D eigenvalue weighted by atomic mass is 16.4. The second kappa shape index (κ2) is 7.13. The van der Waals surface area contributed by atoms with Gasteiger partial charge in [0.1, 0.15) is 5.84 Å². The van der Waals surface area contributed by atoms with Gasteiger partial charge >= 0.3 is 0 Å². The molecule has 0 aliphatic rings. The van der Waals surface area contributed by atoms with Gasteiger partial charge in [0, 0.05) is 37.6 Å². The number of benzene rings is 1. The zero-order chi connectivity index (χ0) is 14.2. The van der Waals surface area contributed by atoms with Gasteiger partial charge < -0.3 is 15.8 Å². The van der Waals surface area contributed by atoms with Crippen molar-refractivity contribution in [2.45, 2.75) is 13.0 Å². The Hall–Kier alpha value is -2.56. The van der Waals surface area contributed by atoms with Gasteiger partial charge in [-0.2, -0.15) is 0 Å². The molecule has 20 heavy (non-hydrogen) atoms. The molecule has 0 atom stereocenters. The summed E-state index contributed by atoms with van der Waals surface area (Å²) < 4.78 is 0. The molecule has 0 bridgehead atoms. The van der Waals surface area contributed by atoms with Crippen LogP contribution >= 0.6 is 0 Å². The molecule has 0 amide bonds. The molecule has 0 saturated carbocycles. The van der Waals surface area contributed by atoms with E-state index < -0.39 is 0 Å². The Balaban J connectivity index is 2.12. The molecule has 0 fully saturated rings. The van der Waals surface area contributed by atoms with Gasteiger partial charge in [-0.1, -0.05) is 29.4 Å². The molecule has 3 N–H and O–H groups in total. The lowest BCUT2D eigenvalue weighted by Gasteiger charge is -2.24. The summed E-state index contributed by atoms with van der Waals surface area (Å²) in [5, 5.41) is 11.7. The van der Waals surface area contributed by atoms with Gasteiger partial charge in [0.15, 0.2) is 0 Å². The van der Waals surface area contributed by atoms with Crippen LogP contribution in [-0.2, 0) is 6.54 Å². The molecule has 1 aromatic carbocycles. The third kappa shape index (κ3) is 3.98. The van der Waals surface area contributed by atoms with Crippen LogP contribution in [0.3, 0.4) is 0 Å². The molecule has 5 heteroatoms. The number of amidine groups is 1. The average molecular weight is 270 g/mol. The molecule has 0 spiro atoms. The lowest BCUT2D eigenvalue weighted by Crippen LogP contribution is -2.27. The number of nitrogens with zero attached hydrogens (tertiary/aromatic N) is 3. The second-order valence-corrected chi connectivity index (χ2v) is 4.46. The van der Waals surface area contributed by atoms with Gasteiger partial charge in [0.05, 0.1) is 0 Å². The number of oxime groups is 1.